The van der Waals surface area contributed by atoms with E-state index in [9.17, 15) is 5.11 Å². The normalized spacial score (nSPS) is 30.7. The molecule has 0 amide bonds. The third-order valence-corrected chi connectivity index (χ3v) is 3.50. The predicted octanol–water partition coefficient (Wildman–Crippen LogP) is 0.0708. The fourth-order valence-corrected chi connectivity index (χ4v) is 2.70. The Bertz CT molecular complexity index is 144. The second-order valence-corrected chi connectivity index (χ2v) is 4.85. The van der Waals surface area contributed by atoms with Crippen LogP contribution in [-0.4, -0.2) is 47.0 Å². The van der Waals surface area contributed by atoms with Crippen LogP contribution >= 0.6 is 11.8 Å². The van der Waals surface area contributed by atoms with Crippen molar-refractivity contribution in [3.63, 3.8) is 0 Å². The van der Waals surface area contributed by atoms with Crippen LogP contribution in [0.3, 0.4) is 0 Å². The van der Waals surface area contributed by atoms with Crippen molar-refractivity contribution in [2.75, 3.05) is 24.6 Å². The summed E-state index contributed by atoms with van der Waals surface area (Å²) in [6.07, 6.45) is 0.485. The summed E-state index contributed by atoms with van der Waals surface area (Å²) in [4.78, 5) is 0. The van der Waals surface area contributed by atoms with E-state index in [4.69, 9.17) is 5.11 Å². The first-order valence-corrected chi connectivity index (χ1v) is 6.00. The minimum Gasteiger partial charge on any atom is -0.393 e. The molecule has 3 nitrogen and oxygen atoms in total. The van der Waals surface area contributed by atoms with Crippen LogP contribution in [0, 0.1) is 5.92 Å². The zero-order valence-corrected chi connectivity index (χ0v) is 8.89. The van der Waals surface area contributed by atoms with Gasteiger partial charge in [-0.2, -0.15) is 11.8 Å². The fraction of sp³-hybridized carbons (Fsp3) is 1.00. The van der Waals surface area contributed by atoms with Gasteiger partial charge in [0.1, 0.15) is 0 Å². The highest BCUT2D eigenvalue weighted by molar-refractivity contribution is 7.99. The number of rotatable bonds is 5. The van der Waals surface area contributed by atoms with Crippen molar-refractivity contribution >= 4 is 11.8 Å². The summed E-state index contributed by atoms with van der Waals surface area (Å²) >= 11 is 1.82. The molecule has 1 aliphatic rings. The maximum Gasteiger partial charge on any atom is 0.0712 e. The lowest BCUT2D eigenvalue weighted by Crippen LogP contribution is -2.20. The molecule has 0 aromatic rings. The monoisotopic (exact) mass is 205 g/mol. The van der Waals surface area contributed by atoms with Crippen LogP contribution < -0.4 is 5.32 Å². The van der Waals surface area contributed by atoms with E-state index in [1.54, 1.807) is 0 Å². The molecule has 3 atom stereocenters. The minimum absolute atomic E-state index is 0.168. The molecule has 1 heterocycles. The highest BCUT2D eigenvalue weighted by Gasteiger charge is 2.24. The van der Waals surface area contributed by atoms with Gasteiger partial charge in [0.05, 0.1) is 12.2 Å². The van der Waals surface area contributed by atoms with Gasteiger partial charge in [0.15, 0.2) is 0 Å². The third kappa shape index (κ3) is 4.31. The molecule has 1 rings (SSSR count). The SMILES string of the molecule is C[C@@H](O)CCSC[C@H]1CNC[C@@H]1O. The Kier molecular flexibility index (Phi) is 5.09. The number of nitrogens with one attached hydrogen (secondary N) is 1. The van der Waals surface area contributed by atoms with Crippen molar-refractivity contribution in [1.82, 2.24) is 5.32 Å². The Hall–Kier alpha value is 0.230. The highest BCUT2D eigenvalue weighted by Crippen LogP contribution is 2.16. The minimum atomic E-state index is -0.195. The van der Waals surface area contributed by atoms with Crippen molar-refractivity contribution in [2.45, 2.75) is 25.6 Å². The Labute approximate surface area is 83.9 Å². The van der Waals surface area contributed by atoms with Gasteiger partial charge >= 0.3 is 0 Å². The van der Waals surface area contributed by atoms with Gasteiger partial charge in [-0.05, 0) is 24.9 Å². The standard InChI is InChI=1S/C9H19NO2S/c1-7(11)2-3-13-6-8-4-10-5-9(8)12/h7-12H,2-6H2,1H3/t7-,8-,9+/m1/s1. The molecule has 1 fully saturated rings. The maximum absolute atomic E-state index is 9.47. The van der Waals surface area contributed by atoms with Gasteiger partial charge in [0.2, 0.25) is 0 Å². The third-order valence-electron chi connectivity index (χ3n) is 2.32. The number of aliphatic hydroxyl groups is 2. The van der Waals surface area contributed by atoms with E-state index in [1.165, 1.54) is 0 Å². The largest absolute Gasteiger partial charge is 0.393 e. The summed E-state index contributed by atoms with van der Waals surface area (Å²) in [5.41, 5.74) is 0. The molecule has 0 bridgehead atoms. The maximum atomic E-state index is 9.47. The lowest BCUT2D eigenvalue weighted by molar-refractivity contribution is 0.158. The molecule has 0 spiro atoms. The van der Waals surface area contributed by atoms with Crippen LogP contribution in [-0.2, 0) is 0 Å². The number of hydrogen-bond donors (Lipinski definition) is 3. The topological polar surface area (TPSA) is 52.5 Å². The van der Waals surface area contributed by atoms with Crippen molar-refractivity contribution in [3.8, 4) is 0 Å². The number of thioether (sulfide) groups is 1. The molecule has 1 saturated heterocycles. The lowest BCUT2D eigenvalue weighted by Gasteiger charge is -2.12. The van der Waals surface area contributed by atoms with Gasteiger partial charge in [-0.25, -0.2) is 0 Å². The van der Waals surface area contributed by atoms with Crippen LogP contribution in [0.5, 0.6) is 0 Å². The van der Waals surface area contributed by atoms with Crippen LogP contribution in [0.4, 0.5) is 0 Å². The van der Waals surface area contributed by atoms with E-state index in [-0.39, 0.29) is 12.2 Å². The predicted molar refractivity (Wildman–Crippen MR) is 56.0 cm³/mol. The van der Waals surface area contributed by atoms with E-state index < -0.39 is 0 Å². The van der Waals surface area contributed by atoms with E-state index in [1.807, 2.05) is 18.7 Å². The molecule has 13 heavy (non-hydrogen) atoms. The van der Waals surface area contributed by atoms with Crippen LogP contribution in [0.2, 0.25) is 0 Å². The average molecular weight is 205 g/mol. The summed E-state index contributed by atoms with van der Waals surface area (Å²) in [6, 6.07) is 0. The fourth-order valence-electron chi connectivity index (χ4n) is 1.38. The first kappa shape index (κ1) is 11.3. The molecular formula is C9H19NO2S. The van der Waals surface area contributed by atoms with Gasteiger partial charge in [0.25, 0.3) is 0 Å². The van der Waals surface area contributed by atoms with Gasteiger partial charge in [-0.3, -0.25) is 0 Å². The zero-order chi connectivity index (χ0) is 9.68. The number of β-amino-alcohol motifs (C(OH)–C–C–N with tert-alkyl or cyclic N) is 1. The van der Waals surface area contributed by atoms with Crippen LogP contribution in [0.15, 0.2) is 0 Å². The molecule has 1 aliphatic heterocycles. The Morgan fingerprint density at radius 2 is 2.31 bits per heavy atom. The van der Waals surface area contributed by atoms with E-state index in [0.717, 1.165) is 31.0 Å². The van der Waals surface area contributed by atoms with Crippen LogP contribution in [0.1, 0.15) is 13.3 Å². The molecular weight excluding hydrogens is 186 g/mol. The summed E-state index contributed by atoms with van der Waals surface area (Å²) in [6.45, 7) is 3.48. The summed E-state index contributed by atoms with van der Waals surface area (Å²) in [5, 5.41) is 21.7. The van der Waals surface area contributed by atoms with Crippen molar-refractivity contribution in [1.29, 1.82) is 0 Å². The molecule has 0 saturated carbocycles. The van der Waals surface area contributed by atoms with Gasteiger partial charge in [-0.1, -0.05) is 0 Å². The molecule has 78 valence electrons. The van der Waals surface area contributed by atoms with E-state index in [2.05, 4.69) is 5.32 Å². The van der Waals surface area contributed by atoms with E-state index >= 15 is 0 Å². The first-order valence-electron chi connectivity index (χ1n) is 4.84. The number of aliphatic hydroxyl groups excluding tert-OH is 2. The Balaban J connectivity index is 1.99. The molecule has 0 aromatic heterocycles. The smallest absolute Gasteiger partial charge is 0.0712 e. The molecule has 0 unspecified atom stereocenters. The second kappa shape index (κ2) is 5.86. The second-order valence-electron chi connectivity index (χ2n) is 3.70. The average Bonchev–Trinajstić information content (AvgIpc) is 2.45. The summed E-state index contributed by atoms with van der Waals surface area (Å²) in [7, 11) is 0. The van der Waals surface area contributed by atoms with Gasteiger partial charge in [0, 0.05) is 19.0 Å². The lowest BCUT2D eigenvalue weighted by atomic mass is 10.1. The van der Waals surface area contributed by atoms with Crippen LogP contribution in [0.25, 0.3) is 0 Å². The van der Waals surface area contributed by atoms with Crippen molar-refractivity contribution < 1.29 is 10.2 Å². The molecule has 4 heteroatoms. The first-order chi connectivity index (χ1) is 6.20. The van der Waals surface area contributed by atoms with E-state index in [0.29, 0.717) is 5.92 Å². The Morgan fingerprint density at radius 3 is 2.85 bits per heavy atom. The zero-order valence-electron chi connectivity index (χ0n) is 8.07. The molecule has 0 aliphatic carbocycles. The summed E-state index contributed by atoms with van der Waals surface area (Å²) < 4.78 is 0. The van der Waals surface area contributed by atoms with Gasteiger partial charge < -0.3 is 15.5 Å². The van der Waals surface area contributed by atoms with Gasteiger partial charge in [-0.15, -0.1) is 0 Å². The quantitative estimate of drug-likeness (QED) is 0.556. The summed E-state index contributed by atoms with van der Waals surface area (Å²) in [5.74, 6) is 2.39. The molecule has 0 radical (unpaired) electrons. The molecule has 0 aromatic carbocycles. The highest BCUT2D eigenvalue weighted by atomic mass is 32.2. The Morgan fingerprint density at radius 1 is 1.54 bits per heavy atom. The van der Waals surface area contributed by atoms with Crippen molar-refractivity contribution in [2.24, 2.45) is 5.92 Å². The number of hydrogen-bond acceptors (Lipinski definition) is 4. The molecule has 3 N–H and O–H groups in total. The van der Waals surface area contributed by atoms with Crippen molar-refractivity contribution in [3.05, 3.63) is 0 Å².